The van der Waals surface area contributed by atoms with Crippen molar-refractivity contribution in [3.63, 3.8) is 0 Å². The Kier molecular flexibility index (Phi) is 5.92. The summed E-state index contributed by atoms with van der Waals surface area (Å²) in [5, 5.41) is 16.3. The number of hydrogen-bond acceptors (Lipinski definition) is 3. The maximum absolute atomic E-state index is 10.7. The number of aliphatic hydroxyl groups excluding tert-OH is 1. The van der Waals surface area contributed by atoms with Crippen LogP contribution in [0.15, 0.2) is 0 Å². The van der Waals surface area contributed by atoms with Gasteiger partial charge < -0.3 is 15.0 Å². The molecule has 0 saturated carbocycles. The van der Waals surface area contributed by atoms with Crippen LogP contribution in [-0.4, -0.2) is 17.4 Å². The molecule has 0 amide bonds. The van der Waals surface area contributed by atoms with Crippen molar-refractivity contribution in [3.05, 3.63) is 0 Å². The van der Waals surface area contributed by atoms with Gasteiger partial charge in [0.25, 0.3) is 0 Å². The number of hydrogen-bond donors (Lipinski definition) is 1. The minimum atomic E-state index is -2.84. The van der Waals surface area contributed by atoms with Crippen LogP contribution in [0.1, 0.15) is 0 Å². The predicted molar refractivity (Wildman–Crippen MR) is 12.1 cm³/mol. The van der Waals surface area contributed by atoms with E-state index in [-0.39, 0.29) is 18.9 Å². The minimum Gasteiger partial charge on any atom is -0.544 e. The molecule has 1 unspecified atom stereocenters. The van der Waals surface area contributed by atoms with Crippen molar-refractivity contribution in [2.24, 2.45) is 0 Å². The molecule has 0 aromatic heterocycles. The molecule has 0 bridgehead atoms. The van der Waals surface area contributed by atoms with E-state index < -0.39 is 12.3 Å². The van der Waals surface area contributed by atoms with Gasteiger partial charge in [-0.25, -0.2) is 4.39 Å². The first-order valence-corrected chi connectivity index (χ1v) is 1.17. The summed E-state index contributed by atoms with van der Waals surface area (Å²) in [6.45, 7) is 0. The van der Waals surface area contributed by atoms with E-state index in [0.717, 1.165) is 0 Å². The fraction of sp³-hybridized carbons (Fsp3) is 0.500. The van der Waals surface area contributed by atoms with Gasteiger partial charge in [-0.2, -0.15) is 0 Å². The average molecular weight is 100.0 g/mol. The van der Waals surface area contributed by atoms with Gasteiger partial charge in [0.1, 0.15) is 5.97 Å². The number of carbonyl (C=O) groups excluding carboxylic acids is 1. The van der Waals surface area contributed by atoms with Gasteiger partial charge in [0.05, 0.1) is 0 Å². The van der Waals surface area contributed by atoms with E-state index in [1.807, 2.05) is 0 Å². The maximum Gasteiger partial charge on any atom is 1.00 e. The summed E-state index contributed by atoms with van der Waals surface area (Å²) in [6, 6.07) is 0. The summed E-state index contributed by atoms with van der Waals surface area (Å²) in [4.78, 5) is 8.96. The second-order valence-electron chi connectivity index (χ2n) is 0.655. The Morgan fingerprint density at radius 1 is 1.86 bits per heavy atom. The third kappa shape index (κ3) is 5.96. The first-order valence-electron chi connectivity index (χ1n) is 1.17. The topological polar surface area (TPSA) is 60.4 Å². The molecule has 36 valence electrons. The van der Waals surface area contributed by atoms with Gasteiger partial charge in [-0.15, -0.1) is 0 Å². The second kappa shape index (κ2) is 4.13. The summed E-state index contributed by atoms with van der Waals surface area (Å²) in [6.07, 6.45) is -2.84. The van der Waals surface area contributed by atoms with Gasteiger partial charge >= 0.3 is 18.9 Å². The smallest absolute Gasteiger partial charge is 0.544 e. The average Bonchev–Trinajstić information content (AvgIpc) is 1.36. The number of rotatable bonds is 1. The summed E-state index contributed by atoms with van der Waals surface area (Å²) in [7, 11) is 0. The van der Waals surface area contributed by atoms with Crippen LogP contribution in [0.3, 0.4) is 0 Å². The Bertz CT molecular complexity index is 64.0. The monoisotopic (exact) mass is 100 g/mol. The first kappa shape index (κ1) is 10.0. The van der Waals surface area contributed by atoms with Crippen LogP contribution in [0.2, 0.25) is 0 Å². The van der Waals surface area contributed by atoms with Crippen LogP contribution in [0.4, 0.5) is 4.39 Å². The van der Waals surface area contributed by atoms with Crippen LogP contribution >= 0.6 is 0 Å². The number of carboxylic acid groups (broad SMARTS) is 1. The van der Waals surface area contributed by atoms with Crippen molar-refractivity contribution >= 4 is 5.97 Å². The van der Waals surface area contributed by atoms with Crippen LogP contribution in [-0.2, 0) is 4.79 Å². The van der Waals surface area contributed by atoms with Crippen molar-refractivity contribution in [1.82, 2.24) is 0 Å². The van der Waals surface area contributed by atoms with Gasteiger partial charge in [-0.1, -0.05) is 0 Å². The van der Waals surface area contributed by atoms with E-state index in [2.05, 4.69) is 0 Å². The van der Waals surface area contributed by atoms with Crippen molar-refractivity contribution in [2.75, 3.05) is 0 Å². The second-order valence-corrected chi connectivity index (χ2v) is 0.655. The third-order valence-corrected chi connectivity index (χ3v) is 0.194. The molecule has 0 aromatic rings. The SMILES string of the molecule is O=C([O-])C(O)F.[Li+]. The number of alkyl halides is 1. The van der Waals surface area contributed by atoms with Gasteiger partial charge in [0.15, 0.2) is 0 Å². The molecule has 0 aliphatic rings. The molecule has 5 heteroatoms. The molecule has 0 aliphatic heterocycles. The number of carbonyl (C=O) groups is 1. The molecule has 1 atom stereocenters. The standard InChI is InChI=1S/C2H3FO3.Li/c3-1(4)2(5)6;/h1,4H,(H,5,6);/q;+1/p-1. The number of aliphatic carboxylic acids is 1. The van der Waals surface area contributed by atoms with E-state index in [9.17, 15) is 4.39 Å². The van der Waals surface area contributed by atoms with Crippen LogP contribution in [0, 0.1) is 0 Å². The zero-order valence-corrected chi connectivity index (χ0v) is 3.72. The number of halogens is 1. The van der Waals surface area contributed by atoms with Gasteiger partial charge in [0, 0.05) is 0 Å². The molecule has 0 rings (SSSR count). The molecule has 0 saturated heterocycles. The molecular weight excluding hydrogens is 98.0 g/mol. The predicted octanol–water partition coefficient (Wildman–Crippen LogP) is -4.97. The van der Waals surface area contributed by atoms with E-state index in [1.54, 1.807) is 0 Å². The minimum absolute atomic E-state index is 0. The Morgan fingerprint density at radius 2 is 2.00 bits per heavy atom. The van der Waals surface area contributed by atoms with E-state index in [0.29, 0.717) is 0 Å². The van der Waals surface area contributed by atoms with Crippen LogP contribution in [0.5, 0.6) is 0 Å². The molecule has 0 fully saturated rings. The third-order valence-electron chi connectivity index (χ3n) is 0.194. The quantitative estimate of drug-likeness (QED) is 0.336. The number of carboxylic acids is 1. The maximum atomic E-state index is 10.7. The Labute approximate surface area is 51.3 Å². The van der Waals surface area contributed by atoms with Crippen molar-refractivity contribution in [3.8, 4) is 0 Å². The zero-order chi connectivity index (χ0) is 5.15. The van der Waals surface area contributed by atoms with E-state index in [4.69, 9.17) is 15.0 Å². The normalized spacial score (nSPS) is 11.7. The molecule has 0 heterocycles. The Balaban J connectivity index is 0. The van der Waals surface area contributed by atoms with Crippen LogP contribution in [0.25, 0.3) is 0 Å². The summed E-state index contributed by atoms with van der Waals surface area (Å²) in [5.41, 5.74) is 0. The molecular formula is C2H2FLiO3. The molecule has 0 aliphatic carbocycles. The van der Waals surface area contributed by atoms with Crippen LogP contribution < -0.4 is 24.0 Å². The van der Waals surface area contributed by atoms with Gasteiger partial charge in [-0.3, -0.25) is 0 Å². The summed E-state index contributed by atoms with van der Waals surface area (Å²) >= 11 is 0. The molecule has 7 heavy (non-hydrogen) atoms. The number of aliphatic hydroxyl groups is 1. The Morgan fingerprint density at radius 3 is 2.00 bits per heavy atom. The first-order chi connectivity index (χ1) is 2.64. The van der Waals surface area contributed by atoms with Crippen molar-refractivity contribution < 1.29 is 38.3 Å². The molecule has 0 aromatic carbocycles. The van der Waals surface area contributed by atoms with Crippen molar-refractivity contribution in [1.29, 1.82) is 0 Å². The van der Waals surface area contributed by atoms with E-state index in [1.165, 1.54) is 0 Å². The van der Waals surface area contributed by atoms with Crippen molar-refractivity contribution in [2.45, 2.75) is 6.36 Å². The Hall–Kier alpha value is -0.0426. The zero-order valence-electron chi connectivity index (χ0n) is 3.72. The molecule has 1 N–H and O–H groups in total. The van der Waals surface area contributed by atoms with E-state index >= 15 is 0 Å². The molecule has 3 nitrogen and oxygen atoms in total. The molecule has 0 radical (unpaired) electrons. The van der Waals surface area contributed by atoms with Gasteiger partial charge in [0.2, 0.25) is 6.36 Å². The molecule has 0 spiro atoms. The largest absolute Gasteiger partial charge is 1.00 e. The fourth-order valence-electron chi connectivity index (χ4n) is 0. The summed E-state index contributed by atoms with van der Waals surface area (Å²) < 4.78 is 10.7. The fourth-order valence-corrected chi connectivity index (χ4v) is 0. The van der Waals surface area contributed by atoms with Gasteiger partial charge in [-0.05, 0) is 0 Å². The summed E-state index contributed by atoms with van der Waals surface area (Å²) in [5.74, 6) is -2.10.